The van der Waals surface area contributed by atoms with Gasteiger partial charge in [-0.3, -0.25) is 0 Å². The highest BCUT2D eigenvalue weighted by atomic mass is 16.7. The Morgan fingerprint density at radius 3 is 2.08 bits per heavy atom. The lowest BCUT2D eigenvalue weighted by atomic mass is 9.96. The van der Waals surface area contributed by atoms with Gasteiger partial charge in [0.1, 0.15) is 48.8 Å². The van der Waals surface area contributed by atoms with Crippen molar-refractivity contribution < 1.29 is 54.8 Å². The van der Waals surface area contributed by atoms with Crippen molar-refractivity contribution in [3.63, 3.8) is 0 Å². The number of amides is 2. The van der Waals surface area contributed by atoms with E-state index in [1.54, 1.807) is 24.3 Å². The van der Waals surface area contributed by atoms with Crippen LogP contribution in [0, 0.1) is 0 Å². The summed E-state index contributed by atoms with van der Waals surface area (Å²) in [7, 11) is 0. The van der Waals surface area contributed by atoms with E-state index in [2.05, 4.69) is 16.0 Å². The molecular formula is C25H39N3O11. The predicted octanol–water partition coefficient (Wildman–Crippen LogP) is -1.82. The highest BCUT2D eigenvalue weighted by Gasteiger charge is 2.50. The summed E-state index contributed by atoms with van der Waals surface area (Å²) in [4.78, 5) is 12.3. The summed E-state index contributed by atoms with van der Waals surface area (Å²) in [6, 6.07) is 6.48. The number of ether oxygens (including phenoxy) is 3. The Labute approximate surface area is 225 Å². The Morgan fingerprint density at radius 1 is 0.795 bits per heavy atom. The average Bonchev–Trinajstić information content (AvgIpc) is 2.94. The summed E-state index contributed by atoms with van der Waals surface area (Å²) < 4.78 is 16.6. The molecule has 0 aromatic heterocycles. The molecule has 39 heavy (non-hydrogen) atoms. The maximum Gasteiger partial charge on any atom is 0.319 e. The van der Waals surface area contributed by atoms with Gasteiger partial charge in [0.2, 0.25) is 0 Å². The van der Waals surface area contributed by atoms with E-state index >= 15 is 0 Å². The lowest BCUT2D eigenvalue weighted by Gasteiger charge is -2.46. The van der Waals surface area contributed by atoms with Gasteiger partial charge in [-0.25, -0.2) is 4.79 Å². The van der Waals surface area contributed by atoms with Crippen LogP contribution in [0.2, 0.25) is 0 Å². The molecule has 0 unspecified atom stereocenters. The third-order valence-corrected chi connectivity index (χ3v) is 7.40. The first-order valence-electron chi connectivity index (χ1n) is 13.2. The lowest BCUT2D eigenvalue weighted by Crippen LogP contribution is -2.65. The van der Waals surface area contributed by atoms with Crippen molar-refractivity contribution in [1.29, 1.82) is 0 Å². The second-order valence-electron chi connectivity index (χ2n) is 10.2. The molecule has 220 valence electrons. The first-order chi connectivity index (χ1) is 18.7. The molecule has 3 fully saturated rings. The van der Waals surface area contributed by atoms with Crippen LogP contribution in [0.15, 0.2) is 24.3 Å². The third-order valence-electron chi connectivity index (χ3n) is 7.40. The minimum Gasteiger partial charge on any atom is -0.394 e. The van der Waals surface area contributed by atoms with Crippen LogP contribution in [0.5, 0.6) is 0 Å². The van der Waals surface area contributed by atoms with E-state index in [0.29, 0.717) is 11.4 Å². The van der Waals surface area contributed by atoms with Gasteiger partial charge in [-0.2, -0.15) is 0 Å². The van der Waals surface area contributed by atoms with Crippen LogP contribution in [0.3, 0.4) is 0 Å². The van der Waals surface area contributed by atoms with Crippen LogP contribution in [0.25, 0.3) is 0 Å². The van der Waals surface area contributed by atoms with E-state index in [4.69, 9.17) is 14.2 Å². The van der Waals surface area contributed by atoms with Gasteiger partial charge < -0.3 is 65.9 Å². The van der Waals surface area contributed by atoms with Crippen molar-refractivity contribution in [2.75, 3.05) is 23.8 Å². The number of hydrogen-bond acceptors (Lipinski definition) is 12. The number of nitrogens with one attached hydrogen (secondary N) is 3. The molecule has 10 atom stereocenters. The highest BCUT2D eigenvalue weighted by molar-refractivity contribution is 5.89. The van der Waals surface area contributed by atoms with E-state index in [-0.39, 0.29) is 12.1 Å². The quantitative estimate of drug-likeness (QED) is 0.171. The zero-order chi connectivity index (χ0) is 28.1. The molecule has 4 rings (SSSR count). The second kappa shape index (κ2) is 13.5. The van der Waals surface area contributed by atoms with Gasteiger partial charge in [0.05, 0.1) is 13.2 Å². The van der Waals surface area contributed by atoms with Crippen molar-refractivity contribution in [2.24, 2.45) is 0 Å². The number of rotatable bonds is 8. The maximum absolute atomic E-state index is 12.3. The van der Waals surface area contributed by atoms with E-state index < -0.39 is 74.6 Å². The molecule has 2 aliphatic heterocycles. The minimum atomic E-state index is -1.74. The monoisotopic (exact) mass is 557 g/mol. The van der Waals surface area contributed by atoms with Crippen molar-refractivity contribution in [3.05, 3.63) is 24.3 Å². The molecule has 14 nitrogen and oxygen atoms in total. The van der Waals surface area contributed by atoms with E-state index in [1.165, 1.54) is 6.42 Å². The summed E-state index contributed by atoms with van der Waals surface area (Å²) in [6.45, 7) is -1.31. The largest absolute Gasteiger partial charge is 0.394 e. The molecule has 1 aromatic rings. The Hall–Kier alpha value is -2.11. The standard InChI is InChI=1S/C25H39N3O11/c29-10-15-17(31)18(32)21(35)24(38-15)39-22-16(11-30)37-23(20(34)19(22)33)26-13-6-8-14(9-7-13)28-25(36)27-12-4-2-1-3-5-12/h6-9,12,15-24,26,29-35H,1-5,10-11H2,(H2,27,28,36)/t15-,16-,17+,18+,19-,20-,21-,22-,23-,24+/m1/s1. The van der Waals surface area contributed by atoms with Crippen LogP contribution in [0.1, 0.15) is 32.1 Å². The molecule has 0 bridgehead atoms. The minimum absolute atomic E-state index is 0.170. The van der Waals surface area contributed by atoms with E-state index in [0.717, 1.165) is 25.7 Å². The first-order valence-corrected chi connectivity index (χ1v) is 13.2. The molecule has 3 aliphatic rings. The molecule has 1 aromatic carbocycles. The molecule has 1 saturated carbocycles. The Bertz CT molecular complexity index is 915. The van der Waals surface area contributed by atoms with Crippen molar-refractivity contribution in [3.8, 4) is 0 Å². The second-order valence-corrected chi connectivity index (χ2v) is 10.2. The number of anilines is 2. The van der Waals surface area contributed by atoms with E-state index in [9.17, 15) is 40.5 Å². The van der Waals surface area contributed by atoms with Gasteiger partial charge in [-0.15, -0.1) is 0 Å². The van der Waals surface area contributed by atoms with Crippen LogP contribution < -0.4 is 16.0 Å². The number of aliphatic hydroxyl groups excluding tert-OH is 7. The van der Waals surface area contributed by atoms with Gasteiger partial charge >= 0.3 is 6.03 Å². The fraction of sp³-hybridized carbons (Fsp3) is 0.720. The number of urea groups is 1. The SMILES string of the molecule is O=C(Nc1ccc(N[C@@H]2O[C@H](CO)[C@@H](O[C@@H]3O[C@H](CO)[C@H](O)[C@H](O)[C@H]3O)[C@H](O)[C@H]2O)cc1)NC1CCCCC1. The van der Waals surface area contributed by atoms with Crippen molar-refractivity contribution in [1.82, 2.24) is 5.32 Å². The molecule has 0 spiro atoms. The van der Waals surface area contributed by atoms with Gasteiger partial charge in [-0.1, -0.05) is 19.3 Å². The maximum atomic E-state index is 12.3. The Balaban J connectivity index is 1.33. The molecule has 2 heterocycles. The molecule has 2 amide bonds. The Kier molecular flexibility index (Phi) is 10.3. The zero-order valence-electron chi connectivity index (χ0n) is 21.4. The summed E-state index contributed by atoms with van der Waals surface area (Å²) in [5, 5.41) is 79.5. The molecule has 2 saturated heterocycles. The van der Waals surface area contributed by atoms with Crippen LogP contribution in [-0.4, -0.2) is 122 Å². The lowest BCUT2D eigenvalue weighted by molar-refractivity contribution is -0.340. The number of carbonyl (C=O) groups is 1. The van der Waals surface area contributed by atoms with Gasteiger partial charge in [0.15, 0.2) is 12.5 Å². The predicted molar refractivity (Wildman–Crippen MR) is 135 cm³/mol. The normalized spacial score (nSPS) is 37.7. The third kappa shape index (κ3) is 7.16. The molecular weight excluding hydrogens is 518 g/mol. The van der Waals surface area contributed by atoms with Crippen molar-refractivity contribution in [2.45, 2.75) is 99.5 Å². The van der Waals surface area contributed by atoms with Crippen molar-refractivity contribution >= 4 is 17.4 Å². The topological polar surface area (TPSA) is 222 Å². The van der Waals surface area contributed by atoms with E-state index in [1.807, 2.05) is 0 Å². The fourth-order valence-electron chi connectivity index (χ4n) is 5.12. The molecule has 1 aliphatic carbocycles. The fourth-order valence-corrected chi connectivity index (χ4v) is 5.12. The van der Waals surface area contributed by atoms with Gasteiger partial charge in [-0.05, 0) is 37.1 Å². The van der Waals surface area contributed by atoms with Crippen LogP contribution >= 0.6 is 0 Å². The Morgan fingerprint density at radius 2 is 1.44 bits per heavy atom. The molecule has 0 radical (unpaired) electrons. The number of carbonyl (C=O) groups excluding carboxylic acids is 1. The highest BCUT2D eigenvalue weighted by Crippen LogP contribution is 2.30. The first kappa shape index (κ1) is 29.9. The smallest absolute Gasteiger partial charge is 0.319 e. The molecule has 14 heteroatoms. The molecule has 10 N–H and O–H groups in total. The summed E-state index contributed by atoms with van der Waals surface area (Å²) in [5.41, 5.74) is 1.05. The summed E-state index contributed by atoms with van der Waals surface area (Å²) in [6.07, 6.45) is -9.45. The van der Waals surface area contributed by atoms with Gasteiger partial charge in [0, 0.05) is 17.4 Å². The van der Waals surface area contributed by atoms with Crippen LogP contribution in [-0.2, 0) is 14.2 Å². The van der Waals surface area contributed by atoms with Crippen LogP contribution in [0.4, 0.5) is 16.2 Å². The number of benzene rings is 1. The summed E-state index contributed by atoms with van der Waals surface area (Å²) >= 11 is 0. The number of aliphatic hydroxyl groups is 7. The van der Waals surface area contributed by atoms with Gasteiger partial charge in [0.25, 0.3) is 0 Å². The number of hydrogen-bond donors (Lipinski definition) is 10. The average molecular weight is 558 g/mol. The summed E-state index contributed by atoms with van der Waals surface area (Å²) in [5.74, 6) is 0. The zero-order valence-corrected chi connectivity index (χ0v) is 21.4.